The van der Waals surface area contributed by atoms with E-state index in [0.29, 0.717) is 23.7 Å². The van der Waals surface area contributed by atoms with Crippen molar-refractivity contribution < 1.29 is 18.7 Å². The summed E-state index contributed by atoms with van der Waals surface area (Å²) in [6.45, 7) is 1.43. The zero-order valence-corrected chi connectivity index (χ0v) is 17.4. The number of ether oxygens (including phenoxy) is 2. The topological polar surface area (TPSA) is 66.2 Å². The van der Waals surface area contributed by atoms with Gasteiger partial charge in [0.15, 0.2) is 11.0 Å². The summed E-state index contributed by atoms with van der Waals surface area (Å²) in [5.41, 5.74) is 2.39. The first kappa shape index (κ1) is 20.6. The zero-order chi connectivity index (χ0) is 20.9. The third kappa shape index (κ3) is 4.71. The number of carbonyl (C=O) groups is 1. The summed E-state index contributed by atoms with van der Waals surface area (Å²) in [5, 5.41) is 9.53. The van der Waals surface area contributed by atoms with E-state index in [1.54, 1.807) is 36.0 Å². The van der Waals surface area contributed by atoms with Crippen LogP contribution in [0, 0.1) is 5.82 Å². The lowest BCUT2D eigenvalue weighted by atomic mass is 10.1. The molecule has 1 aliphatic rings. The molecular weight excluding hydrogens is 405 g/mol. The fourth-order valence-corrected chi connectivity index (χ4v) is 4.27. The summed E-state index contributed by atoms with van der Waals surface area (Å²) >= 11 is 1.57. The van der Waals surface area contributed by atoms with E-state index in [9.17, 15) is 9.18 Å². The Labute approximate surface area is 178 Å². The van der Waals surface area contributed by atoms with Gasteiger partial charge in [-0.05, 0) is 54.8 Å². The Balaban J connectivity index is 1.54. The van der Waals surface area contributed by atoms with Crippen molar-refractivity contribution in [3.8, 4) is 11.4 Å². The lowest BCUT2D eigenvalue weighted by Gasteiger charge is -2.15. The number of benzene rings is 2. The van der Waals surface area contributed by atoms with Gasteiger partial charge in [0.25, 0.3) is 0 Å². The van der Waals surface area contributed by atoms with E-state index in [4.69, 9.17) is 9.47 Å². The second-order valence-electron chi connectivity index (χ2n) is 7.04. The Bertz CT molecular complexity index is 999. The summed E-state index contributed by atoms with van der Waals surface area (Å²) in [7, 11) is 1.37. The molecule has 1 saturated heterocycles. The van der Waals surface area contributed by atoms with Crippen LogP contribution in [0.15, 0.2) is 53.7 Å². The number of hydrogen-bond acceptors (Lipinski definition) is 6. The molecule has 0 amide bonds. The minimum atomic E-state index is -0.352. The highest BCUT2D eigenvalue weighted by atomic mass is 32.2. The number of carbonyl (C=O) groups excluding carboxylic acids is 1. The van der Waals surface area contributed by atoms with Crippen molar-refractivity contribution in [2.24, 2.45) is 0 Å². The maximum Gasteiger partial charge on any atom is 0.337 e. The number of esters is 1. The van der Waals surface area contributed by atoms with Gasteiger partial charge in [-0.15, -0.1) is 10.2 Å². The van der Waals surface area contributed by atoms with Crippen LogP contribution in [0.2, 0.25) is 0 Å². The Morgan fingerprint density at radius 1 is 1.20 bits per heavy atom. The maximum atomic E-state index is 13.3. The van der Waals surface area contributed by atoms with Gasteiger partial charge in [-0.25, -0.2) is 9.18 Å². The predicted molar refractivity (Wildman–Crippen MR) is 112 cm³/mol. The van der Waals surface area contributed by atoms with Crippen LogP contribution in [-0.4, -0.2) is 40.6 Å². The summed E-state index contributed by atoms with van der Waals surface area (Å²) < 4.78 is 25.9. The molecule has 0 aliphatic carbocycles. The quantitative estimate of drug-likeness (QED) is 0.413. The lowest BCUT2D eigenvalue weighted by Crippen LogP contribution is -2.16. The molecule has 0 radical (unpaired) electrons. The van der Waals surface area contributed by atoms with Crippen LogP contribution in [0.5, 0.6) is 0 Å². The summed E-state index contributed by atoms with van der Waals surface area (Å²) in [6, 6.07) is 13.6. The third-order valence-corrected chi connectivity index (χ3v) is 6.01. The van der Waals surface area contributed by atoms with E-state index in [1.165, 1.54) is 19.2 Å². The average molecular weight is 428 g/mol. The van der Waals surface area contributed by atoms with Crippen molar-refractivity contribution in [2.75, 3.05) is 13.7 Å². The second-order valence-corrected chi connectivity index (χ2v) is 7.98. The molecule has 1 unspecified atom stereocenters. The zero-order valence-electron chi connectivity index (χ0n) is 16.6. The minimum absolute atomic E-state index is 0.124. The number of aromatic nitrogens is 3. The molecule has 1 fully saturated rings. The smallest absolute Gasteiger partial charge is 0.337 e. The molecule has 3 aromatic rings. The van der Waals surface area contributed by atoms with Gasteiger partial charge in [0, 0.05) is 17.9 Å². The van der Waals surface area contributed by atoms with E-state index < -0.39 is 0 Å². The van der Waals surface area contributed by atoms with Crippen LogP contribution in [0.4, 0.5) is 4.39 Å². The fourth-order valence-electron chi connectivity index (χ4n) is 3.37. The van der Waals surface area contributed by atoms with Crippen LogP contribution in [0.25, 0.3) is 11.4 Å². The standard InChI is InChI=1S/C22H22FN3O3S/c1-28-21(27)17-6-4-15(5-7-17)14-30-22-25-24-20(16-8-10-18(23)11-9-16)26(22)13-19-3-2-12-29-19/h4-11,19H,2-3,12-14H2,1H3. The van der Waals surface area contributed by atoms with E-state index >= 15 is 0 Å². The van der Waals surface area contributed by atoms with Crippen LogP contribution >= 0.6 is 11.8 Å². The Hall–Kier alpha value is -2.71. The van der Waals surface area contributed by atoms with Gasteiger partial charge in [0.05, 0.1) is 25.3 Å². The van der Waals surface area contributed by atoms with Crippen molar-refractivity contribution in [3.63, 3.8) is 0 Å². The van der Waals surface area contributed by atoms with Gasteiger partial charge in [-0.1, -0.05) is 23.9 Å². The molecule has 1 aromatic heterocycles. The summed E-state index contributed by atoms with van der Waals surface area (Å²) in [4.78, 5) is 11.6. The van der Waals surface area contributed by atoms with Gasteiger partial charge in [-0.3, -0.25) is 4.57 Å². The molecule has 1 atom stereocenters. The molecule has 0 saturated carbocycles. The minimum Gasteiger partial charge on any atom is -0.465 e. The van der Waals surface area contributed by atoms with E-state index in [1.807, 2.05) is 12.1 Å². The van der Waals surface area contributed by atoms with Gasteiger partial charge in [0.1, 0.15) is 5.82 Å². The first-order chi connectivity index (χ1) is 14.6. The number of hydrogen-bond donors (Lipinski definition) is 0. The molecule has 4 rings (SSSR count). The van der Waals surface area contributed by atoms with E-state index in [-0.39, 0.29) is 17.9 Å². The average Bonchev–Trinajstić information content (AvgIpc) is 3.43. The van der Waals surface area contributed by atoms with Gasteiger partial charge < -0.3 is 9.47 Å². The SMILES string of the molecule is COC(=O)c1ccc(CSc2nnc(-c3ccc(F)cc3)n2CC2CCCO2)cc1. The Morgan fingerprint density at radius 3 is 2.63 bits per heavy atom. The first-order valence-electron chi connectivity index (χ1n) is 9.75. The number of thioether (sulfide) groups is 1. The van der Waals surface area contributed by atoms with Gasteiger partial charge in [0.2, 0.25) is 0 Å². The molecule has 2 heterocycles. The van der Waals surface area contributed by atoms with Crippen LogP contribution in [0.1, 0.15) is 28.8 Å². The van der Waals surface area contributed by atoms with Gasteiger partial charge in [-0.2, -0.15) is 0 Å². The van der Waals surface area contributed by atoms with Crippen LogP contribution < -0.4 is 0 Å². The van der Waals surface area contributed by atoms with Crippen LogP contribution in [0.3, 0.4) is 0 Å². The van der Waals surface area contributed by atoms with E-state index in [2.05, 4.69) is 14.8 Å². The molecule has 0 N–H and O–H groups in total. The fraction of sp³-hybridized carbons (Fsp3) is 0.318. The Kier molecular flexibility index (Phi) is 6.44. The van der Waals surface area contributed by atoms with Crippen molar-refractivity contribution in [3.05, 3.63) is 65.5 Å². The number of halogens is 1. The highest BCUT2D eigenvalue weighted by molar-refractivity contribution is 7.98. The predicted octanol–water partition coefficient (Wildman–Crippen LogP) is 4.34. The van der Waals surface area contributed by atoms with Gasteiger partial charge >= 0.3 is 5.97 Å². The molecule has 2 aromatic carbocycles. The van der Waals surface area contributed by atoms with Crippen molar-refractivity contribution in [1.82, 2.24) is 14.8 Å². The normalized spacial score (nSPS) is 16.0. The molecule has 30 heavy (non-hydrogen) atoms. The molecule has 1 aliphatic heterocycles. The number of rotatable bonds is 7. The molecule has 6 nitrogen and oxygen atoms in total. The highest BCUT2D eigenvalue weighted by Gasteiger charge is 2.22. The second kappa shape index (κ2) is 9.40. The van der Waals surface area contributed by atoms with Crippen LogP contribution in [-0.2, 0) is 21.8 Å². The molecule has 8 heteroatoms. The van der Waals surface area contributed by atoms with Crippen molar-refractivity contribution >= 4 is 17.7 Å². The Morgan fingerprint density at radius 2 is 1.97 bits per heavy atom. The molecular formula is C22H22FN3O3S. The molecule has 156 valence electrons. The monoisotopic (exact) mass is 427 g/mol. The highest BCUT2D eigenvalue weighted by Crippen LogP contribution is 2.28. The number of nitrogens with zero attached hydrogens (tertiary/aromatic N) is 3. The maximum absolute atomic E-state index is 13.3. The van der Waals surface area contributed by atoms with E-state index in [0.717, 1.165) is 35.7 Å². The molecule has 0 bridgehead atoms. The van der Waals surface area contributed by atoms with Crippen molar-refractivity contribution in [2.45, 2.75) is 36.4 Å². The first-order valence-corrected chi connectivity index (χ1v) is 10.7. The van der Waals surface area contributed by atoms with Crippen molar-refractivity contribution in [1.29, 1.82) is 0 Å². The summed E-state index contributed by atoms with van der Waals surface area (Å²) in [5.74, 6) is 0.742. The largest absolute Gasteiger partial charge is 0.465 e. The number of methoxy groups -OCH3 is 1. The lowest BCUT2D eigenvalue weighted by molar-refractivity contribution is 0.0600. The third-order valence-electron chi connectivity index (χ3n) is 4.97. The molecule has 0 spiro atoms. The summed E-state index contributed by atoms with van der Waals surface area (Å²) in [6.07, 6.45) is 2.17.